The molecule has 0 radical (unpaired) electrons. The summed E-state index contributed by atoms with van der Waals surface area (Å²) in [4.78, 5) is 2.48. The fraction of sp³-hybridized carbons (Fsp3) is 0.600. The molecule has 0 unspecified atom stereocenters. The number of halogens is 1. The van der Waals surface area contributed by atoms with Crippen LogP contribution in [0.1, 0.15) is 37.8 Å². The molecule has 1 fully saturated rings. The van der Waals surface area contributed by atoms with Crippen molar-refractivity contribution in [3.63, 3.8) is 0 Å². The molecule has 19 heavy (non-hydrogen) atoms. The third-order valence-corrected chi connectivity index (χ3v) is 4.07. The van der Waals surface area contributed by atoms with Crippen molar-refractivity contribution >= 4 is 15.9 Å². The Bertz CT molecular complexity index is 403. The van der Waals surface area contributed by atoms with Gasteiger partial charge in [-0.2, -0.15) is 0 Å². The lowest BCUT2D eigenvalue weighted by atomic mass is 10.1. The topological polar surface area (TPSA) is 38.5 Å². The Labute approximate surface area is 124 Å². The molecule has 3 nitrogen and oxygen atoms in total. The molecule has 0 aliphatic carbocycles. The summed E-state index contributed by atoms with van der Waals surface area (Å²) in [5, 5.41) is 0. The van der Waals surface area contributed by atoms with Gasteiger partial charge in [-0.25, -0.2) is 0 Å². The third kappa shape index (κ3) is 4.48. The van der Waals surface area contributed by atoms with Gasteiger partial charge in [0.15, 0.2) is 0 Å². The molecule has 1 aliphatic heterocycles. The highest BCUT2D eigenvalue weighted by Gasteiger charge is 2.12. The van der Waals surface area contributed by atoms with Crippen LogP contribution in [0, 0.1) is 0 Å². The molecule has 0 amide bonds. The molecule has 4 heteroatoms. The number of nitrogens with zero attached hydrogens (tertiary/aromatic N) is 1. The SMILES string of the molecule is C[C@H](N)c1ccc(Br)cc1OCCN1CCCCC1. The van der Waals surface area contributed by atoms with Gasteiger partial charge in [-0.05, 0) is 45.0 Å². The number of nitrogens with two attached hydrogens (primary N) is 1. The van der Waals surface area contributed by atoms with Gasteiger partial charge < -0.3 is 10.5 Å². The average Bonchev–Trinajstić information content (AvgIpc) is 2.39. The zero-order valence-electron chi connectivity index (χ0n) is 11.6. The molecule has 0 spiro atoms. The Hall–Kier alpha value is -0.580. The van der Waals surface area contributed by atoms with Gasteiger partial charge in [-0.1, -0.05) is 28.4 Å². The Morgan fingerprint density at radius 1 is 1.32 bits per heavy atom. The number of rotatable bonds is 5. The van der Waals surface area contributed by atoms with E-state index in [9.17, 15) is 0 Å². The van der Waals surface area contributed by atoms with Crippen LogP contribution in [-0.2, 0) is 0 Å². The lowest BCUT2D eigenvalue weighted by Gasteiger charge is -2.26. The highest BCUT2D eigenvalue weighted by molar-refractivity contribution is 9.10. The van der Waals surface area contributed by atoms with Gasteiger partial charge in [0, 0.05) is 22.6 Å². The van der Waals surface area contributed by atoms with E-state index < -0.39 is 0 Å². The van der Waals surface area contributed by atoms with Crippen LogP contribution in [-0.4, -0.2) is 31.1 Å². The second kappa shape index (κ2) is 7.27. The van der Waals surface area contributed by atoms with Crippen LogP contribution in [0.5, 0.6) is 5.75 Å². The maximum absolute atomic E-state index is 5.97. The van der Waals surface area contributed by atoms with Crippen molar-refractivity contribution in [1.82, 2.24) is 4.90 Å². The largest absolute Gasteiger partial charge is 0.492 e. The summed E-state index contributed by atoms with van der Waals surface area (Å²) < 4.78 is 6.96. The van der Waals surface area contributed by atoms with E-state index in [4.69, 9.17) is 10.5 Å². The minimum absolute atomic E-state index is 0.00177. The molecule has 0 saturated carbocycles. The summed E-state index contributed by atoms with van der Waals surface area (Å²) in [5.74, 6) is 0.904. The summed E-state index contributed by atoms with van der Waals surface area (Å²) in [6.07, 6.45) is 4.02. The van der Waals surface area contributed by atoms with Crippen molar-refractivity contribution in [1.29, 1.82) is 0 Å². The molecule has 2 rings (SSSR count). The number of ether oxygens (including phenoxy) is 1. The van der Waals surface area contributed by atoms with Gasteiger partial charge in [0.2, 0.25) is 0 Å². The summed E-state index contributed by atoms with van der Waals surface area (Å²) >= 11 is 3.48. The van der Waals surface area contributed by atoms with E-state index in [0.29, 0.717) is 0 Å². The first-order chi connectivity index (χ1) is 9.16. The van der Waals surface area contributed by atoms with Gasteiger partial charge in [-0.15, -0.1) is 0 Å². The van der Waals surface area contributed by atoms with Gasteiger partial charge in [-0.3, -0.25) is 4.90 Å². The molecule has 106 valence electrons. The molecule has 2 N–H and O–H groups in total. The van der Waals surface area contributed by atoms with Crippen LogP contribution in [0.2, 0.25) is 0 Å². The Morgan fingerprint density at radius 3 is 2.74 bits per heavy atom. The zero-order valence-corrected chi connectivity index (χ0v) is 13.2. The molecule has 1 aromatic carbocycles. The van der Waals surface area contributed by atoms with Crippen LogP contribution in [0.15, 0.2) is 22.7 Å². The molecule has 1 aliphatic rings. The van der Waals surface area contributed by atoms with Gasteiger partial charge in [0.25, 0.3) is 0 Å². The first-order valence-electron chi connectivity index (χ1n) is 7.07. The van der Waals surface area contributed by atoms with Crippen molar-refractivity contribution in [2.45, 2.75) is 32.2 Å². The van der Waals surface area contributed by atoms with Crippen LogP contribution in [0.25, 0.3) is 0 Å². The van der Waals surface area contributed by atoms with Gasteiger partial charge in [0.05, 0.1) is 0 Å². The molecule has 0 bridgehead atoms. The number of piperidine rings is 1. The van der Waals surface area contributed by atoms with Crippen molar-refractivity contribution < 1.29 is 4.74 Å². The number of hydrogen-bond acceptors (Lipinski definition) is 3. The quantitative estimate of drug-likeness (QED) is 0.901. The van der Waals surface area contributed by atoms with E-state index in [-0.39, 0.29) is 6.04 Å². The summed E-state index contributed by atoms with van der Waals surface area (Å²) in [5.41, 5.74) is 7.04. The van der Waals surface area contributed by atoms with Crippen molar-refractivity contribution in [3.05, 3.63) is 28.2 Å². The lowest BCUT2D eigenvalue weighted by molar-refractivity contribution is 0.182. The molecule has 1 atom stereocenters. The predicted molar refractivity (Wildman–Crippen MR) is 82.5 cm³/mol. The van der Waals surface area contributed by atoms with E-state index in [1.165, 1.54) is 32.4 Å². The second-order valence-electron chi connectivity index (χ2n) is 5.22. The Balaban J connectivity index is 1.89. The second-order valence-corrected chi connectivity index (χ2v) is 6.14. The molecule has 1 saturated heterocycles. The molecule has 1 aromatic rings. The van der Waals surface area contributed by atoms with E-state index in [2.05, 4.69) is 20.8 Å². The highest BCUT2D eigenvalue weighted by Crippen LogP contribution is 2.27. The summed E-state index contributed by atoms with van der Waals surface area (Å²) in [7, 11) is 0. The van der Waals surface area contributed by atoms with Crippen molar-refractivity contribution in [2.75, 3.05) is 26.2 Å². The highest BCUT2D eigenvalue weighted by atomic mass is 79.9. The molecule has 1 heterocycles. The minimum Gasteiger partial charge on any atom is -0.492 e. The molecule has 0 aromatic heterocycles. The Kier molecular flexibility index (Phi) is 5.67. The van der Waals surface area contributed by atoms with Crippen LogP contribution in [0.3, 0.4) is 0 Å². The fourth-order valence-electron chi connectivity index (χ4n) is 2.48. The average molecular weight is 327 g/mol. The summed E-state index contributed by atoms with van der Waals surface area (Å²) in [6, 6.07) is 6.05. The predicted octanol–water partition coefficient (Wildman–Crippen LogP) is 3.33. The third-order valence-electron chi connectivity index (χ3n) is 3.58. The number of hydrogen-bond donors (Lipinski definition) is 1. The van der Waals surface area contributed by atoms with Gasteiger partial charge >= 0.3 is 0 Å². The maximum atomic E-state index is 5.97. The first-order valence-corrected chi connectivity index (χ1v) is 7.86. The molecular formula is C15H23BrN2O. The smallest absolute Gasteiger partial charge is 0.125 e. The number of likely N-dealkylation sites (tertiary alicyclic amines) is 1. The van der Waals surface area contributed by atoms with Crippen LogP contribution < -0.4 is 10.5 Å². The maximum Gasteiger partial charge on any atom is 0.125 e. The van der Waals surface area contributed by atoms with E-state index in [1.807, 2.05) is 25.1 Å². The lowest BCUT2D eigenvalue weighted by Crippen LogP contribution is -2.33. The number of benzene rings is 1. The van der Waals surface area contributed by atoms with Crippen molar-refractivity contribution in [2.24, 2.45) is 5.73 Å². The Morgan fingerprint density at radius 2 is 2.05 bits per heavy atom. The fourth-order valence-corrected chi connectivity index (χ4v) is 2.82. The van der Waals surface area contributed by atoms with Crippen LogP contribution >= 0.6 is 15.9 Å². The molecular weight excluding hydrogens is 304 g/mol. The minimum atomic E-state index is -0.00177. The normalized spacial score (nSPS) is 18.3. The first kappa shape index (κ1) is 14.8. The standard InChI is InChI=1S/C15H23BrN2O/c1-12(17)14-6-5-13(16)11-15(14)19-10-9-18-7-3-2-4-8-18/h5-6,11-12H,2-4,7-10,17H2,1H3/t12-/m0/s1. The van der Waals surface area contributed by atoms with Crippen molar-refractivity contribution in [3.8, 4) is 5.75 Å². The van der Waals surface area contributed by atoms with Gasteiger partial charge in [0.1, 0.15) is 12.4 Å². The van der Waals surface area contributed by atoms with E-state index >= 15 is 0 Å². The monoisotopic (exact) mass is 326 g/mol. The summed E-state index contributed by atoms with van der Waals surface area (Å²) in [6.45, 7) is 6.14. The van der Waals surface area contributed by atoms with E-state index in [0.717, 1.165) is 28.9 Å². The van der Waals surface area contributed by atoms with E-state index in [1.54, 1.807) is 0 Å². The van der Waals surface area contributed by atoms with Crippen LogP contribution in [0.4, 0.5) is 0 Å². The zero-order chi connectivity index (χ0) is 13.7.